The van der Waals surface area contributed by atoms with Crippen molar-refractivity contribution >= 4 is 12.1 Å². The molecule has 0 heterocycles. The topological polar surface area (TPSA) is 92.8 Å². The largest absolute Gasteiger partial charge is 0.497 e. The standard InChI is InChI=1S/C30H35NO8/c1-7-30(23-11-9-8-10-12-23,31(2)29(33)38-19-21-13-15-24(34-3)16-14-21)20-39-28(32)22-17-25(35-4)27(37-6)26(18-22)36-5/h8-18H,7,19-20H2,1-6H3/t30-/m1/s1. The average Bonchev–Trinajstić information content (AvgIpc) is 2.99. The summed E-state index contributed by atoms with van der Waals surface area (Å²) in [6.07, 6.45) is -0.103. The molecule has 0 N–H and O–H groups in total. The van der Waals surface area contributed by atoms with Crippen LogP contribution in [-0.2, 0) is 21.6 Å². The summed E-state index contributed by atoms with van der Waals surface area (Å²) in [7, 11) is 7.65. The monoisotopic (exact) mass is 537 g/mol. The zero-order valence-electron chi connectivity index (χ0n) is 23.2. The van der Waals surface area contributed by atoms with Crippen molar-refractivity contribution in [2.75, 3.05) is 42.1 Å². The summed E-state index contributed by atoms with van der Waals surface area (Å²) < 4.78 is 32.7. The van der Waals surface area contributed by atoms with Crippen LogP contribution in [0.4, 0.5) is 4.79 Å². The van der Waals surface area contributed by atoms with Crippen LogP contribution in [-0.4, -0.2) is 59.1 Å². The molecule has 0 aliphatic rings. The van der Waals surface area contributed by atoms with E-state index in [0.717, 1.165) is 11.1 Å². The van der Waals surface area contributed by atoms with Crippen molar-refractivity contribution in [1.82, 2.24) is 4.90 Å². The van der Waals surface area contributed by atoms with E-state index in [2.05, 4.69) is 0 Å². The number of hydrogen-bond acceptors (Lipinski definition) is 8. The maximum atomic E-state index is 13.3. The summed E-state index contributed by atoms with van der Waals surface area (Å²) in [5, 5.41) is 0. The van der Waals surface area contributed by atoms with Crippen molar-refractivity contribution in [3.8, 4) is 23.0 Å². The second-order valence-electron chi connectivity index (χ2n) is 8.70. The molecule has 9 heteroatoms. The molecule has 0 radical (unpaired) electrons. The van der Waals surface area contributed by atoms with E-state index in [9.17, 15) is 9.59 Å². The molecular formula is C30H35NO8. The molecule has 3 rings (SSSR count). The van der Waals surface area contributed by atoms with Crippen LogP contribution in [0, 0.1) is 0 Å². The molecule has 0 aliphatic heterocycles. The lowest BCUT2D eigenvalue weighted by molar-refractivity contribution is -0.000599. The summed E-state index contributed by atoms with van der Waals surface area (Å²) in [5.41, 5.74) is 0.837. The van der Waals surface area contributed by atoms with Crippen LogP contribution in [0.5, 0.6) is 23.0 Å². The average molecular weight is 538 g/mol. The van der Waals surface area contributed by atoms with Gasteiger partial charge in [-0.3, -0.25) is 4.90 Å². The molecule has 39 heavy (non-hydrogen) atoms. The molecule has 3 aromatic carbocycles. The molecule has 3 aromatic rings. The number of carbonyl (C=O) groups excluding carboxylic acids is 2. The van der Waals surface area contributed by atoms with E-state index < -0.39 is 17.6 Å². The maximum absolute atomic E-state index is 13.3. The summed E-state index contributed by atoms with van der Waals surface area (Å²) in [6.45, 7) is 1.89. The van der Waals surface area contributed by atoms with Crippen molar-refractivity contribution < 1.29 is 38.0 Å². The van der Waals surface area contributed by atoms with Gasteiger partial charge in [-0.05, 0) is 41.8 Å². The van der Waals surface area contributed by atoms with Crippen molar-refractivity contribution in [1.29, 1.82) is 0 Å². The van der Waals surface area contributed by atoms with Crippen LogP contribution in [0.15, 0.2) is 66.7 Å². The van der Waals surface area contributed by atoms with Gasteiger partial charge in [0.05, 0.1) is 34.0 Å². The van der Waals surface area contributed by atoms with Gasteiger partial charge in [-0.15, -0.1) is 0 Å². The van der Waals surface area contributed by atoms with E-state index in [4.69, 9.17) is 28.4 Å². The highest BCUT2D eigenvalue weighted by atomic mass is 16.6. The van der Waals surface area contributed by atoms with Gasteiger partial charge in [0.15, 0.2) is 11.5 Å². The van der Waals surface area contributed by atoms with Gasteiger partial charge in [0.25, 0.3) is 0 Å². The zero-order chi connectivity index (χ0) is 28.4. The fourth-order valence-electron chi connectivity index (χ4n) is 4.27. The molecule has 1 amide bonds. The predicted molar refractivity (Wildman–Crippen MR) is 146 cm³/mol. The number of benzene rings is 3. The number of carbonyl (C=O) groups is 2. The molecule has 0 saturated heterocycles. The molecule has 0 bridgehead atoms. The quantitative estimate of drug-likeness (QED) is 0.282. The van der Waals surface area contributed by atoms with Gasteiger partial charge in [-0.25, -0.2) is 9.59 Å². The smallest absolute Gasteiger partial charge is 0.410 e. The summed E-state index contributed by atoms with van der Waals surface area (Å²) in [5.74, 6) is 1.12. The Balaban J connectivity index is 1.85. The Kier molecular flexibility index (Phi) is 10.0. The van der Waals surface area contributed by atoms with Gasteiger partial charge >= 0.3 is 12.1 Å². The lowest BCUT2D eigenvalue weighted by atomic mass is 9.86. The van der Waals surface area contributed by atoms with Gasteiger partial charge in [-0.2, -0.15) is 0 Å². The lowest BCUT2D eigenvalue weighted by Gasteiger charge is -2.40. The number of hydrogen-bond donors (Lipinski definition) is 0. The van der Waals surface area contributed by atoms with Gasteiger partial charge < -0.3 is 28.4 Å². The molecule has 9 nitrogen and oxygen atoms in total. The maximum Gasteiger partial charge on any atom is 0.410 e. The van der Waals surface area contributed by atoms with Crippen LogP contribution < -0.4 is 18.9 Å². The van der Waals surface area contributed by atoms with Gasteiger partial charge in [-0.1, -0.05) is 49.4 Å². The number of methoxy groups -OCH3 is 4. The normalized spacial score (nSPS) is 12.1. The third-order valence-electron chi connectivity index (χ3n) is 6.68. The fourth-order valence-corrected chi connectivity index (χ4v) is 4.27. The molecule has 0 unspecified atom stereocenters. The van der Waals surface area contributed by atoms with Gasteiger partial charge in [0.1, 0.15) is 24.5 Å². The number of amides is 1. The molecule has 0 fully saturated rings. The number of ether oxygens (including phenoxy) is 6. The predicted octanol–water partition coefficient (Wildman–Crippen LogP) is 5.45. The summed E-state index contributed by atoms with van der Waals surface area (Å²) >= 11 is 0. The Hall–Kier alpha value is -4.40. The minimum absolute atomic E-state index is 0.0764. The van der Waals surface area contributed by atoms with Crippen LogP contribution >= 0.6 is 0 Å². The molecule has 208 valence electrons. The van der Waals surface area contributed by atoms with Crippen molar-refractivity contribution in [2.45, 2.75) is 25.5 Å². The van der Waals surface area contributed by atoms with E-state index in [-0.39, 0.29) is 18.8 Å². The van der Waals surface area contributed by atoms with Crippen molar-refractivity contribution in [3.05, 3.63) is 83.4 Å². The first-order chi connectivity index (χ1) is 18.8. The molecular weight excluding hydrogens is 502 g/mol. The van der Waals surface area contributed by atoms with Gasteiger partial charge in [0, 0.05) is 7.05 Å². The highest BCUT2D eigenvalue weighted by molar-refractivity contribution is 5.91. The lowest BCUT2D eigenvalue weighted by Crippen LogP contribution is -2.50. The van der Waals surface area contributed by atoms with E-state index in [1.54, 1.807) is 26.3 Å². The van der Waals surface area contributed by atoms with Crippen molar-refractivity contribution in [2.24, 2.45) is 0 Å². The fraction of sp³-hybridized carbons (Fsp3) is 0.333. The molecule has 0 aliphatic carbocycles. The van der Waals surface area contributed by atoms with Gasteiger partial charge in [0.2, 0.25) is 5.75 Å². The van der Waals surface area contributed by atoms with E-state index >= 15 is 0 Å². The van der Waals surface area contributed by atoms with Crippen LogP contribution in [0.1, 0.15) is 34.8 Å². The first-order valence-electron chi connectivity index (χ1n) is 12.4. The summed E-state index contributed by atoms with van der Waals surface area (Å²) in [4.78, 5) is 28.0. The first-order valence-corrected chi connectivity index (χ1v) is 12.4. The Morgan fingerprint density at radius 1 is 0.795 bits per heavy atom. The second kappa shape index (κ2) is 13.4. The molecule has 0 saturated carbocycles. The Morgan fingerprint density at radius 3 is 1.92 bits per heavy atom. The Labute approximate surface area is 229 Å². The SMILES string of the molecule is CC[C@@](COC(=O)c1cc(OC)c(OC)c(OC)c1)(c1ccccc1)N(C)C(=O)OCc1ccc(OC)cc1. The third kappa shape index (κ3) is 6.54. The van der Waals surface area contributed by atoms with Crippen molar-refractivity contribution in [3.63, 3.8) is 0 Å². The third-order valence-corrected chi connectivity index (χ3v) is 6.68. The minimum atomic E-state index is -0.992. The number of esters is 1. The second-order valence-corrected chi connectivity index (χ2v) is 8.70. The zero-order valence-corrected chi connectivity index (χ0v) is 23.2. The Morgan fingerprint density at radius 2 is 1.41 bits per heavy atom. The number of likely N-dealkylation sites (N-methyl/N-ethyl adjacent to an activating group) is 1. The summed E-state index contributed by atoms with van der Waals surface area (Å²) in [6, 6.07) is 19.7. The molecule has 0 spiro atoms. The van der Waals surface area contributed by atoms with Crippen LogP contribution in [0.2, 0.25) is 0 Å². The minimum Gasteiger partial charge on any atom is -0.497 e. The van der Waals surface area contributed by atoms with Crippen LogP contribution in [0.3, 0.4) is 0 Å². The van der Waals surface area contributed by atoms with E-state index in [1.165, 1.54) is 38.4 Å². The number of rotatable bonds is 12. The van der Waals surface area contributed by atoms with E-state index in [1.807, 2.05) is 49.4 Å². The number of nitrogens with zero attached hydrogens (tertiary/aromatic N) is 1. The van der Waals surface area contributed by atoms with E-state index in [0.29, 0.717) is 29.4 Å². The highest BCUT2D eigenvalue weighted by Crippen LogP contribution is 2.39. The Bertz CT molecular complexity index is 1220. The molecule has 1 atom stereocenters. The first kappa shape index (κ1) is 29.2. The highest BCUT2D eigenvalue weighted by Gasteiger charge is 2.40. The molecule has 0 aromatic heterocycles. The van der Waals surface area contributed by atoms with Crippen LogP contribution in [0.25, 0.3) is 0 Å².